The highest BCUT2D eigenvalue weighted by molar-refractivity contribution is 5.35. The van der Waals surface area contributed by atoms with Gasteiger partial charge in [0.05, 0.1) is 7.11 Å². The highest BCUT2D eigenvalue weighted by atomic mass is 16.5. The first-order valence-electron chi connectivity index (χ1n) is 7.20. The Morgan fingerprint density at radius 2 is 1.78 bits per heavy atom. The summed E-state index contributed by atoms with van der Waals surface area (Å²) in [5.41, 5.74) is 1.27. The molecule has 1 saturated carbocycles. The monoisotopic (exact) mass is 247 g/mol. The van der Waals surface area contributed by atoms with Gasteiger partial charge >= 0.3 is 0 Å². The Hall–Kier alpha value is -1.02. The Balaban J connectivity index is 1.99. The molecule has 0 bridgehead atoms. The van der Waals surface area contributed by atoms with Crippen molar-refractivity contribution in [2.45, 2.75) is 57.5 Å². The lowest BCUT2D eigenvalue weighted by atomic mass is 10.0. The van der Waals surface area contributed by atoms with E-state index in [0.29, 0.717) is 12.1 Å². The summed E-state index contributed by atoms with van der Waals surface area (Å²) in [7, 11) is 1.75. The number of nitrogens with one attached hydrogen (secondary N) is 1. The molecule has 1 atom stereocenters. The van der Waals surface area contributed by atoms with Gasteiger partial charge in [0.2, 0.25) is 0 Å². The first kappa shape index (κ1) is 13.4. The predicted molar refractivity (Wildman–Crippen MR) is 76.0 cm³/mol. The molecule has 2 rings (SSSR count). The van der Waals surface area contributed by atoms with Gasteiger partial charge in [-0.1, -0.05) is 43.9 Å². The lowest BCUT2D eigenvalue weighted by Crippen LogP contribution is -2.31. The molecule has 0 aliphatic heterocycles. The molecule has 0 radical (unpaired) electrons. The molecule has 1 aromatic rings. The van der Waals surface area contributed by atoms with Crippen molar-refractivity contribution in [1.29, 1.82) is 0 Å². The molecule has 1 aromatic carbocycles. The van der Waals surface area contributed by atoms with E-state index in [0.717, 1.165) is 5.75 Å². The second-order valence-electron chi connectivity index (χ2n) is 5.32. The van der Waals surface area contributed by atoms with Gasteiger partial charge in [0, 0.05) is 17.6 Å². The van der Waals surface area contributed by atoms with Crippen LogP contribution in [0.15, 0.2) is 24.3 Å². The third-order valence-electron chi connectivity index (χ3n) is 3.95. The maximum absolute atomic E-state index is 5.44. The van der Waals surface area contributed by atoms with Gasteiger partial charge in [-0.15, -0.1) is 0 Å². The van der Waals surface area contributed by atoms with Gasteiger partial charge in [0.1, 0.15) is 5.75 Å². The molecule has 0 spiro atoms. The van der Waals surface area contributed by atoms with E-state index in [1.807, 2.05) is 12.1 Å². The number of hydrogen-bond donors (Lipinski definition) is 1. The van der Waals surface area contributed by atoms with Crippen LogP contribution < -0.4 is 10.1 Å². The quantitative estimate of drug-likeness (QED) is 0.810. The molecule has 1 aliphatic carbocycles. The highest BCUT2D eigenvalue weighted by Crippen LogP contribution is 2.26. The lowest BCUT2D eigenvalue weighted by molar-refractivity contribution is 0.381. The molecule has 100 valence electrons. The molecule has 0 amide bonds. The summed E-state index contributed by atoms with van der Waals surface area (Å²) in [5.74, 6) is 0.992. The van der Waals surface area contributed by atoms with E-state index < -0.39 is 0 Å². The third-order valence-corrected chi connectivity index (χ3v) is 3.95. The van der Waals surface area contributed by atoms with Gasteiger partial charge in [-0.05, 0) is 25.8 Å². The van der Waals surface area contributed by atoms with Crippen molar-refractivity contribution in [1.82, 2.24) is 5.32 Å². The smallest absolute Gasteiger partial charge is 0.123 e. The van der Waals surface area contributed by atoms with Crippen LogP contribution in [-0.4, -0.2) is 13.2 Å². The molecule has 1 N–H and O–H groups in total. The zero-order chi connectivity index (χ0) is 12.8. The van der Waals surface area contributed by atoms with E-state index in [1.165, 1.54) is 44.1 Å². The van der Waals surface area contributed by atoms with Crippen molar-refractivity contribution < 1.29 is 4.74 Å². The maximum atomic E-state index is 5.44. The van der Waals surface area contributed by atoms with Gasteiger partial charge in [-0.2, -0.15) is 0 Å². The van der Waals surface area contributed by atoms with Gasteiger partial charge < -0.3 is 10.1 Å². The normalized spacial score (nSPS) is 19.2. The number of ether oxygens (including phenoxy) is 1. The zero-order valence-corrected chi connectivity index (χ0v) is 11.6. The fraction of sp³-hybridized carbons (Fsp3) is 0.625. The summed E-state index contributed by atoms with van der Waals surface area (Å²) in [6.07, 6.45) is 8.19. The Kier molecular flexibility index (Phi) is 5.06. The molecule has 0 aromatic heterocycles. The van der Waals surface area contributed by atoms with E-state index in [1.54, 1.807) is 7.11 Å². The van der Waals surface area contributed by atoms with Gasteiger partial charge in [-0.25, -0.2) is 0 Å². The fourth-order valence-electron chi connectivity index (χ4n) is 2.91. The summed E-state index contributed by atoms with van der Waals surface area (Å²) in [5, 5.41) is 3.77. The van der Waals surface area contributed by atoms with Crippen LogP contribution in [-0.2, 0) is 0 Å². The van der Waals surface area contributed by atoms with E-state index in [2.05, 4.69) is 24.4 Å². The first-order valence-corrected chi connectivity index (χ1v) is 7.20. The van der Waals surface area contributed by atoms with Crippen LogP contribution in [0.1, 0.15) is 57.1 Å². The SMILES string of the molecule is COc1ccccc1C(C)NC1CCCCCC1. The fourth-order valence-corrected chi connectivity index (χ4v) is 2.91. The zero-order valence-electron chi connectivity index (χ0n) is 11.6. The molecular weight excluding hydrogens is 222 g/mol. The topological polar surface area (TPSA) is 21.3 Å². The summed E-state index contributed by atoms with van der Waals surface area (Å²) in [6.45, 7) is 2.24. The number of rotatable bonds is 4. The van der Waals surface area contributed by atoms with Crippen LogP contribution in [0.3, 0.4) is 0 Å². The second-order valence-corrected chi connectivity index (χ2v) is 5.32. The standard InChI is InChI=1S/C16H25NO/c1-13(15-11-7-8-12-16(15)18-2)17-14-9-5-3-4-6-10-14/h7-8,11-14,17H,3-6,9-10H2,1-2H3. The molecule has 1 fully saturated rings. The molecule has 0 saturated heterocycles. The molecule has 18 heavy (non-hydrogen) atoms. The largest absolute Gasteiger partial charge is 0.496 e. The van der Waals surface area contributed by atoms with Gasteiger partial charge in [0.25, 0.3) is 0 Å². The number of methoxy groups -OCH3 is 1. The molecule has 0 heterocycles. The first-order chi connectivity index (χ1) is 8.81. The van der Waals surface area contributed by atoms with Crippen molar-refractivity contribution >= 4 is 0 Å². The predicted octanol–water partition coefficient (Wildman–Crippen LogP) is 4.07. The van der Waals surface area contributed by atoms with Crippen molar-refractivity contribution in [2.24, 2.45) is 0 Å². The Bertz CT molecular complexity index is 356. The van der Waals surface area contributed by atoms with Gasteiger partial charge in [-0.3, -0.25) is 0 Å². The third kappa shape index (κ3) is 3.49. The van der Waals surface area contributed by atoms with Crippen molar-refractivity contribution in [3.63, 3.8) is 0 Å². The van der Waals surface area contributed by atoms with Gasteiger partial charge in [0.15, 0.2) is 0 Å². The second kappa shape index (κ2) is 6.79. The van der Waals surface area contributed by atoms with Crippen molar-refractivity contribution in [3.05, 3.63) is 29.8 Å². The van der Waals surface area contributed by atoms with Crippen LogP contribution in [0.25, 0.3) is 0 Å². The molecular formula is C16H25NO. The average molecular weight is 247 g/mol. The number of para-hydroxylation sites is 1. The average Bonchev–Trinajstić information content (AvgIpc) is 2.67. The molecule has 2 heteroatoms. The number of benzene rings is 1. The van der Waals surface area contributed by atoms with Crippen LogP contribution in [0.4, 0.5) is 0 Å². The summed E-state index contributed by atoms with van der Waals surface area (Å²) in [4.78, 5) is 0. The summed E-state index contributed by atoms with van der Waals surface area (Å²) >= 11 is 0. The molecule has 2 nitrogen and oxygen atoms in total. The van der Waals surface area contributed by atoms with E-state index >= 15 is 0 Å². The van der Waals surface area contributed by atoms with Crippen LogP contribution in [0, 0.1) is 0 Å². The number of hydrogen-bond acceptors (Lipinski definition) is 2. The minimum Gasteiger partial charge on any atom is -0.496 e. The van der Waals surface area contributed by atoms with Crippen molar-refractivity contribution in [3.8, 4) is 5.75 Å². The highest BCUT2D eigenvalue weighted by Gasteiger charge is 2.17. The van der Waals surface area contributed by atoms with Crippen LogP contribution in [0.2, 0.25) is 0 Å². The maximum Gasteiger partial charge on any atom is 0.123 e. The molecule has 1 unspecified atom stereocenters. The Labute approximate surface area is 111 Å². The van der Waals surface area contributed by atoms with E-state index in [4.69, 9.17) is 4.74 Å². The van der Waals surface area contributed by atoms with Crippen molar-refractivity contribution in [2.75, 3.05) is 7.11 Å². The summed E-state index contributed by atoms with van der Waals surface area (Å²) < 4.78 is 5.44. The minimum atomic E-state index is 0.365. The van der Waals surface area contributed by atoms with E-state index in [-0.39, 0.29) is 0 Å². The van der Waals surface area contributed by atoms with E-state index in [9.17, 15) is 0 Å². The Morgan fingerprint density at radius 3 is 2.44 bits per heavy atom. The minimum absolute atomic E-state index is 0.365. The Morgan fingerprint density at radius 1 is 1.11 bits per heavy atom. The molecule has 1 aliphatic rings. The van der Waals surface area contributed by atoms with Crippen LogP contribution >= 0.6 is 0 Å². The van der Waals surface area contributed by atoms with Crippen LogP contribution in [0.5, 0.6) is 5.75 Å². The summed E-state index contributed by atoms with van der Waals surface area (Å²) in [6, 6.07) is 9.36. The lowest BCUT2D eigenvalue weighted by Gasteiger charge is -2.23.